The Morgan fingerprint density at radius 1 is 1.00 bits per heavy atom. The topological polar surface area (TPSA) is 60.9 Å². The molecule has 6 nitrogen and oxygen atoms in total. The maximum atomic E-state index is 12.9. The third-order valence-corrected chi connectivity index (χ3v) is 7.08. The van der Waals surface area contributed by atoms with Crippen molar-refractivity contribution in [2.45, 2.75) is 44.9 Å². The van der Waals surface area contributed by atoms with Crippen molar-refractivity contribution in [3.63, 3.8) is 0 Å². The van der Waals surface area contributed by atoms with Crippen LogP contribution >= 0.6 is 0 Å². The lowest BCUT2D eigenvalue weighted by molar-refractivity contribution is -0.132. The van der Waals surface area contributed by atoms with Crippen LogP contribution in [0, 0.1) is 0 Å². The van der Waals surface area contributed by atoms with E-state index in [1.165, 1.54) is 4.31 Å². The summed E-state index contributed by atoms with van der Waals surface area (Å²) in [5, 5.41) is 0. The molecule has 1 saturated heterocycles. The molecule has 7 heteroatoms. The Bertz CT molecular complexity index is 727. The van der Waals surface area contributed by atoms with Gasteiger partial charge in [0.1, 0.15) is 0 Å². The summed E-state index contributed by atoms with van der Waals surface area (Å²) in [7, 11) is -3.49. The highest BCUT2D eigenvalue weighted by atomic mass is 32.2. The van der Waals surface area contributed by atoms with Gasteiger partial charge in [0.2, 0.25) is 15.9 Å². The van der Waals surface area contributed by atoms with Crippen LogP contribution in [-0.4, -0.2) is 74.2 Å². The molecule has 0 spiro atoms. The first kappa shape index (κ1) is 21.9. The van der Waals surface area contributed by atoms with Gasteiger partial charge >= 0.3 is 0 Å². The first-order chi connectivity index (χ1) is 12.6. The zero-order valence-electron chi connectivity index (χ0n) is 17.2. The van der Waals surface area contributed by atoms with Crippen LogP contribution in [0.2, 0.25) is 0 Å². The van der Waals surface area contributed by atoms with Gasteiger partial charge < -0.3 is 4.90 Å². The largest absolute Gasteiger partial charge is 0.342 e. The van der Waals surface area contributed by atoms with Gasteiger partial charge in [-0.3, -0.25) is 9.69 Å². The van der Waals surface area contributed by atoms with Crippen molar-refractivity contribution in [1.82, 2.24) is 14.1 Å². The molecule has 0 atom stereocenters. The normalized spacial score (nSPS) is 17.1. The molecule has 152 valence electrons. The molecule has 1 amide bonds. The monoisotopic (exact) mass is 395 g/mol. The lowest BCUT2D eigenvalue weighted by atomic mass is 9.87. The van der Waals surface area contributed by atoms with E-state index in [0.717, 1.165) is 5.56 Å². The molecule has 1 heterocycles. The molecule has 0 saturated carbocycles. The molecule has 1 aromatic rings. The number of likely N-dealkylation sites (N-methyl/N-ethyl adjacent to an activating group) is 1. The third kappa shape index (κ3) is 5.30. The van der Waals surface area contributed by atoms with Crippen LogP contribution in [0.1, 0.15) is 40.2 Å². The van der Waals surface area contributed by atoms with E-state index >= 15 is 0 Å². The molecule has 1 fully saturated rings. The van der Waals surface area contributed by atoms with Crippen molar-refractivity contribution in [3.8, 4) is 0 Å². The van der Waals surface area contributed by atoms with Gasteiger partial charge in [0.15, 0.2) is 0 Å². The minimum absolute atomic E-state index is 0.00861. The quantitative estimate of drug-likeness (QED) is 0.741. The van der Waals surface area contributed by atoms with E-state index in [1.807, 2.05) is 30.9 Å². The van der Waals surface area contributed by atoms with E-state index in [1.54, 1.807) is 17.0 Å². The molecule has 27 heavy (non-hydrogen) atoms. The standard InChI is InChI=1S/C20H33N3O3S/c1-6-22(7-2)19(24)16-21-12-14-23(15-13-21)27(25,26)18-10-8-17(9-11-18)20(3,4)5/h8-11H,6-7,12-16H2,1-5H3. The fraction of sp³-hybridized carbons (Fsp3) is 0.650. The van der Waals surface area contributed by atoms with Crippen LogP contribution < -0.4 is 0 Å². The van der Waals surface area contributed by atoms with E-state index in [9.17, 15) is 13.2 Å². The first-order valence-electron chi connectivity index (χ1n) is 9.70. The summed E-state index contributed by atoms with van der Waals surface area (Å²) in [4.78, 5) is 16.4. The van der Waals surface area contributed by atoms with E-state index in [2.05, 4.69) is 20.8 Å². The lowest BCUT2D eigenvalue weighted by Gasteiger charge is -2.34. The van der Waals surface area contributed by atoms with Crippen molar-refractivity contribution in [1.29, 1.82) is 0 Å². The maximum Gasteiger partial charge on any atom is 0.243 e. The predicted octanol–water partition coefficient (Wildman–Crippen LogP) is 2.16. The average molecular weight is 396 g/mol. The van der Waals surface area contributed by atoms with Gasteiger partial charge in [0.25, 0.3) is 0 Å². The van der Waals surface area contributed by atoms with E-state index < -0.39 is 10.0 Å². The zero-order valence-corrected chi connectivity index (χ0v) is 18.1. The van der Waals surface area contributed by atoms with Gasteiger partial charge in [-0.15, -0.1) is 0 Å². The number of carbonyl (C=O) groups excluding carboxylic acids is 1. The number of sulfonamides is 1. The number of nitrogens with zero attached hydrogens (tertiary/aromatic N) is 3. The minimum atomic E-state index is -3.49. The summed E-state index contributed by atoms with van der Waals surface area (Å²) >= 11 is 0. The lowest BCUT2D eigenvalue weighted by Crippen LogP contribution is -2.51. The highest BCUT2D eigenvalue weighted by Gasteiger charge is 2.29. The SMILES string of the molecule is CCN(CC)C(=O)CN1CCN(S(=O)(=O)c2ccc(C(C)(C)C)cc2)CC1. The number of rotatable bonds is 6. The zero-order chi connectivity index (χ0) is 20.2. The molecule has 0 bridgehead atoms. The molecule has 1 aliphatic rings. The third-order valence-electron chi connectivity index (χ3n) is 5.16. The molecule has 2 rings (SSSR count). The Hall–Kier alpha value is -1.44. The molecule has 0 radical (unpaired) electrons. The minimum Gasteiger partial charge on any atom is -0.342 e. The molecule has 0 N–H and O–H groups in total. The Morgan fingerprint density at radius 2 is 1.52 bits per heavy atom. The number of piperazine rings is 1. The number of benzene rings is 1. The maximum absolute atomic E-state index is 12.9. The highest BCUT2D eigenvalue weighted by Crippen LogP contribution is 2.25. The van der Waals surface area contributed by atoms with Gasteiger partial charge in [-0.1, -0.05) is 32.9 Å². The Kier molecular flexibility index (Phi) is 7.05. The first-order valence-corrected chi connectivity index (χ1v) is 11.1. The van der Waals surface area contributed by atoms with Crippen LogP contribution in [0.5, 0.6) is 0 Å². The second-order valence-corrected chi connectivity index (χ2v) is 9.96. The molecular weight excluding hydrogens is 362 g/mol. The average Bonchev–Trinajstić information content (AvgIpc) is 2.62. The fourth-order valence-electron chi connectivity index (χ4n) is 3.27. The van der Waals surface area contributed by atoms with Crippen LogP contribution in [0.4, 0.5) is 0 Å². The molecular formula is C20H33N3O3S. The molecule has 0 unspecified atom stereocenters. The number of amides is 1. The Labute approximate surface area is 164 Å². The fourth-order valence-corrected chi connectivity index (χ4v) is 4.69. The summed E-state index contributed by atoms with van der Waals surface area (Å²) in [6, 6.07) is 7.19. The van der Waals surface area contributed by atoms with Gasteiger partial charge in [-0.05, 0) is 37.0 Å². The van der Waals surface area contributed by atoms with Crippen LogP contribution in [-0.2, 0) is 20.2 Å². The van der Waals surface area contributed by atoms with Gasteiger partial charge in [0, 0.05) is 39.3 Å². The van der Waals surface area contributed by atoms with E-state index in [-0.39, 0.29) is 11.3 Å². The highest BCUT2D eigenvalue weighted by molar-refractivity contribution is 7.89. The number of hydrogen-bond acceptors (Lipinski definition) is 4. The predicted molar refractivity (Wildman–Crippen MR) is 108 cm³/mol. The van der Waals surface area contributed by atoms with E-state index in [4.69, 9.17) is 0 Å². The molecule has 0 aromatic heterocycles. The van der Waals surface area contributed by atoms with Crippen molar-refractivity contribution in [2.24, 2.45) is 0 Å². The number of carbonyl (C=O) groups is 1. The van der Waals surface area contributed by atoms with Crippen molar-refractivity contribution >= 4 is 15.9 Å². The van der Waals surface area contributed by atoms with Gasteiger partial charge in [0.05, 0.1) is 11.4 Å². The Morgan fingerprint density at radius 3 is 1.96 bits per heavy atom. The second kappa shape index (κ2) is 8.71. The molecule has 1 aliphatic heterocycles. The van der Waals surface area contributed by atoms with Crippen LogP contribution in [0.25, 0.3) is 0 Å². The summed E-state index contributed by atoms with van der Waals surface area (Å²) in [5.74, 6) is 0.106. The van der Waals surface area contributed by atoms with Gasteiger partial charge in [-0.25, -0.2) is 8.42 Å². The van der Waals surface area contributed by atoms with Crippen molar-refractivity contribution in [2.75, 3.05) is 45.8 Å². The van der Waals surface area contributed by atoms with Gasteiger partial charge in [-0.2, -0.15) is 4.31 Å². The van der Waals surface area contributed by atoms with Crippen molar-refractivity contribution in [3.05, 3.63) is 29.8 Å². The second-order valence-electron chi connectivity index (χ2n) is 8.02. The summed E-state index contributed by atoms with van der Waals surface area (Å²) in [6.45, 7) is 14.0. The van der Waals surface area contributed by atoms with Crippen molar-refractivity contribution < 1.29 is 13.2 Å². The summed E-state index contributed by atoms with van der Waals surface area (Å²) < 4.78 is 27.3. The van der Waals surface area contributed by atoms with E-state index in [0.29, 0.717) is 50.7 Å². The Balaban J connectivity index is 1.99. The number of hydrogen-bond donors (Lipinski definition) is 0. The summed E-state index contributed by atoms with van der Waals surface area (Å²) in [5.41, 5.74) is 1.10. The summed E-state index contributed by atoms with van der Waals surface area (Å²) in [6.07, 6.45) is 0. The van der Waals surface area contributed by atoms with Crippen LogP contribution in [0.15, 0.2) is 29.2 Å². The van der Waals surface area contributed by atoms with Crippen LogP contribution in [0.3, 0.4) is 0 Å². The molecule has 1 aromatic carbocycles. The molecule has 0 aliphatic carbocycles. The smallest absolute Gasteiger partial charge is 0.243 e.